The van der Waals surface area contributed by atoms with Crippen molar-refractivity contribution in [2.45, 2.75) is 37.8 Å². The van der Waals surface area contributed by atoms with Gasteiger partial charge in [-0.15, -0.1) is 5.10 Å². The lowest BCUT2D eigenvalue weighted by Gasteiger charge is -2.26. The molecular weight excluding hydrogens is 494 g/mol. The highest BCUT2D eigenvalue weighted by Crippen LogP contribution is 2.21. The predicted octanol–water partition coefficient (Wildman–Crippen LogP) is 1.50. The number of amides is 1. The zero-order valence-corrected chi connectivity index (χ0v) is 22.2. The molecule has 1 saturated heterocycles. The molecule has 0 bridgehead atoms. The number of nitrogens with one attached hydrogen (secondary N) is 1. The first-order chi connectivity index (χ1) is 17.6. The van der Waals surface area contributed by atoms with E-state index in [1.54, 1.807) is 12.1 Å². The normalized spacial score (nSPS) is 14.7. The average Bonchev–Trinajstić information content (AvgIpc) is 3.18. The SMILES string of the molecule is CC(C)NC(=O)Cn1c(-c2cccc(S(C)(=O)=O)c2)nn(-c2ccc(CCN3CCOCC3)cc2)c1=O. The van der Waals surface area contributed by atoms with Crippen molar-refractivity contribution in [2.24, 2.45) is 0 Å². The van der Waals surface area contributed by atoms with E-state index < -0.39 is 15.5 Å². The zero-order valence-electron chi connectivity index (χ0n) is 21.4. The van der Waals surface area contributed by atoms with Crippen molar-refractivity contribution in [2.75, 3.05) is 39.1 Å². The van der Waals surface area contributed by atoms with Gasteiger partial charge in [0.15, 0.2) is 15.7 Å². The smallest absolute Gasteiger partial charge is 0.351 e. The second-order valence-corrected chi connectivity index (χ2v) is 11.5. The van der Waals surface area contributed by atoms with E-state index in [-0.39, 0.29) is 29.2 Å². The first kappa shape index (κ1) is 26.8. The maximum absolute atomic E-state index is 13.4. The van der Waals surface area contributed by atoms with Gasteiger partial charge in [-0.05, 0) is 50.1 Å². The lowest BCUT2D eigenvalue weighted by molar-refractivity contribution is -0.122. The van der Waals surface area contributed by atoms with Gasteiger partial charge in [0.1, 0.15) is 6.54 Å². The molecule has 1 N–H and O–H groups in total. The van der Waals surface area contributed by atoms with Gasteiger partial charge in [0.2, 0.25) is 5.91 Å². The molecule has 11 heteroatoms. The molecule has 0 unspecified atom stereocenters. The van der Waals surface area contributed by atoms with Crippen LogP contribution in [0.5, 0.6) is 0 Å². The number of benzene rings is 2. The summed E-state index contributed by atoms with van der Waals surface area (Å²) in [6.45, 7) is 7.74. The molecule has 2 heterocycles. The van der Waals surface area contributed by atoms with E-state index in [2.05, 4.69) is 15.3 Å². The van der Waals surface area contributed by atoms with Crippen LogP contribution in [0.4, 0.5) is 0 Å². The molecule has 10 nitrogen and oxygen atoms in total. The molecule has 37 heavy (non-hydrogen) atoms. The average molecular weight is 528 g/mol. The van der Waals surface area contributed by atoms with Crippen LogP contribution < -0.4 is 11.0 Å². The summed E-state index contributed by atoms with van der Waals surface area (Å²) in [6.07, 6.45) is 2.00. The number of carbonyl (C=O) groups is 1. The summed E-state index contributed by atoms with van der Waals surface area (Å²) in [5.41, 5.74) is 1.64. The summed E-state index contributed by atoms with van der Waals surface area (Å²) in [6, 6.07) is 13.7. The minimum atomic E-state index is -3.47. The number of nitrogens with zero attached hydrogens (tertiary/aromatic N) is 4. The Bertz CT molecular complexity index is 1400. The second kappa shape index (κ2) is 11.4. The molecule has 1 fully saturated rings. The number of hydrogen-bond acceptors (Lipinski definition) is 7. The van der Waals surface area contributed by atoms with Crippen LogP contribution in [0, 0.1) is 0 Å². The van der Waals surface area contributed by atoms with Gasteiger partial charge in [0.25, 0.3) is 0 Å². The van der Waals surface area contributed by atoms with Crippen LogP contribution in [0.15, 0.2) is 58.2 Å². The van der Waals surface area contributed by atoms with Crippen LogP contribution in [-0.2, 0) is 32.3 Å². The lowest BCUT2D eigenvalue weighted by atomic mass is 10.1. The minimum absolute atomic E-state index is 0.0970. The molecule has 1 amide bonds. The van der Waals surface area contributed by atoms with Crippen molar-refractivity contribution in [3.8, 4) is 17.1 Å². The van der Waals surface area contributed by atoms with E-state index in [1.165, 1.54) is 21.4 Å². The number of morpholine rings is 1. The van der Waals surface area contributed by atoms with Gasteiger partial charge in [-0.2, -0.15) is 4.68 Å². The van der Waals surface area contributed by atoms with Crippen molar-refractivity contribution in [3.05, 3.63) is 64.6 Å². The zero-order chi connectivity index (χ0) is 26.6. The van der Waals surface area contributed by atoms with Crippen molar-refractivity contribution >= 4 is 15.7 Å². The van der Waals surface area contributed by atoms with Gasteiger partial charge >= 0.3 is 5.69 Å². The van der Waals surface area contributed by atoms with Crippen molar-refractivity contribution in [1.82, 2.24) is 24.6 Å². The molecule has 2 aromatic carbocycles. The molecule has 4 rings (SSSR count). The van der Waals surface area contributed by atoms with Crippen LogP contribution in [0.1, 0.15) is 19.4 Å². The van der Waals surface area contributed by atoms with Gasteiger partial charge in [-0.25, -0.2) is 13.2 Å². The number of hydrogen-bond donors (Lipinski definition) is 1. The third kappa shape index (κ3) is 6.73. The van der Waals surface area contributed by atoms with Gasteiger partial charge < -0.3 is 10.1 Å². The molecule has 0 saturated carbocycles. The Hall–Kier alpha value is -3.28. The number of rotatable bonds is 9. The summed E-state index contributed by atoms with van der Waals surface area (Å²) in [7, 11) is -3.47. The molecule has 1 aromatic heterocycles. The second-order valence-electron chi connectivity index (χ2n) is 9.50. The van der Waals surface area contributed by atoms with Crippen LogP contribution in [0.25, 0.3) is 17.1 Å². The summed E-state index contributed by atoms with van der Waals surface area (Å²) < 4.78 is 32.1. The maximum Gasteiger partial charge on any atom is 0.351 e. The van der Waals surface area contributed by atoms with Crippen LogP contribution >= 0.6 is 0 Å². The number of carbonyl (C=O) groups excluding carboxylic acids is 1. The Morgan fingerprint density at radius 1 is 1.11 bits per heavy atom. The van der Waals surface area contributed by atoms with E-state index in [9.17, 15) is 18.0 Å². The van der Waals surface area contributed by atoms with E-state index >= 15 is 0 Å². The minimum Gasteiger partial charge on any atom is -0.379 e. The Morgan fingerprint density at radius 3 is 2.46 bits per heavy atom. The highest BCUT2D eigenvalue weighted by Gasteiger charge is 2.20. The van der Waals surface area contributed by atoms with E-state index in [0.717, 1.165) is 51.1 Å². The van der Waals surface area contributed by atoms with Crippen LogP contribution in [0.3, 0.4) is 0 Å². The first-order valence-corrected chi connectivity index (χ1v) is 14.2. The third-order valence-corrected chi connectivity index (χ3v) is 7.25. The molecule has 0 radical (unpaired) electrons. The van der Waals surface area contributed by atoms with Crippen molar-refractivity contribution < 1.29 is 17.9 Å². The van der Waals surface area contributed by atoms with Crippen LogP contribution in [0.2, 0.25) is 0 Å². The third-order valence-electron chi connectivity index (χ3n) is 6.14. The van der Waals surface area contributed by atoms with Gasteiger partial charge in [0, 0.05) is 37.5 Å². The molecule has 3 aromatic rings. The monoisotopic (exact) mass is 527 g/mol. The number of aromatic nitrogens is 3. The molecule has 1 aliphatic rings. The molecule has 0 spiro atoms. The number of sulfone groups is 1. The van der Waals surface area contributed by atoms with E-state index in [0.29, 0.717) is 11.3 Å². The molecule has 0 atom stereocenters. The van der Waals surface area contributed by atoms with E-state index in [1.807, 2.05) is 38.1 Å². The fourth-order valence-corrected chi connectivity index (χ4v) is 4.88. The summed E-state index contributed by atoms with van der Waals surface area (Å²) in [5, 5.41) is 7.31. The fraction of sp³-hybridized carbons (Fsp3) is 0.423. The van der Waals surface area contributed by atoms with Gasteiger partial charge in [-0.3, -0.25) is 14.3 Å². The quantitative estimate of drug-likeness (QED) is 0.448. The largest absolute Gasteiger partial charge is 0.379 e. The molecule has 198 valence electrons. The predicted molar refractivity (Wildman–Crippen MR) is 141 cm³/mol. The van der Waals surface area contributed by atoms with Gasteiger partial charge in [0.05, 0.1) is 23.8 Å². The number of ether oxygens (including phenoxy) is 1. The first-order valence-electron chi connectivity index (χ1n) is 12.3. The topological polar surface area (TPSA) is 116 Å². The summed E-state index contributed by atoms with van der Waals surface area (Å²) in [4.78, 5) is 28.5. The Kier molecular flexibility index (Phi) is 8.25. The van der Waals surface area contributed by atoms with Crippen molar-refractivity contribution in [1.29, 1.82) is 0 Å². The lowest BCUT2D eigenvalue weighted by Crippen LogP contribution is -2.37. The molecule has 0 aliphatic carbocycles. The highest BCUT2D eigenvalue weighted by atomic mass is 32.2. The van der Waals surface area contributed by atoms with Crippen LogP contribution in [-0.4, -0.2) is 78.7 Å². The Morgan fingerprint density at radius 2 is 1.81 bits per heavy atom. The summed E-state index contributed by atoms with van der Waals surface area (Å²) in [5.74, 6) is -0.124. The molecular formula is C26H33N5O5S. The maximum atomic E-state index is 13.4. The van der Waals surface area contributed by atoms with Crippen molar-refractivity contribution in [3.63, 3.8) is 0 Å². The standard InChI is InChI=1S/C26H33N5O5S/c1-19(2)27-24(32)18-30-25(21-5-4-6-23(17-21)37(3,34)35)28-31(26(30)33)22-9-7-20(8-10-22)11-12-29-13-15-36-16-14-29/h4-10,17,19H,11-16,18H2,1-3H3,(H,27,32). The fourth-order valence-electron chi connectivity index (χ4n) is 4.21. The Balaban J connectivity index is 1.66. The highest BCUT2D eigenvalue weighted by molar-refractivity contribution is 7.90. The van der Waals surface area contributed by atoms with Gasteiger partial charge in [-0.1, -0.05) is 24.3 Å². The van der Waals surface area contributed by atoms with E-state index in [4.69, 9.17) is 4.74 Å². The Labute approximate surface area is 216 Å². The molecule has 1 aliphatic heterocycles. The summed E-state index contributed by atoms with van der Waals surface area (Å²) >= 11 is 0.